The minimum absolute atomic E-state index is 0.0534. The van der Waals surface area contributed by atoms with Crippen LogP contribution in [-0.4, -0.2) is 37.0 Å². The first-order valence-electron chi connectivity index (χ1n) is 10.7. The van der Waals surface area contributed by atoms with E-state index >= 15 is 0 Å². The van der Waals surface area contributed by atoms with Crippen molar-refractivity contribution < 1.29 is 28.7 Å². The molecule has 0 saturated heterocycles. The second-order valence-electron chi connectivity index (χ2n) is 8.15. The molecule has 2 N–H and O–H groups in total. The van der Waals surface area contributed by atoms with Crippen LogP contribution in [0.2, 0.25) is 0 Å². The quantitative estimate of drug-likeness (QED) is 0.525. The Bertz CT molecular complexity index is 998. The Hall–Kier alpha value is -3.68. The molecule has 0 fully saturated rings. The van der Waals surface area contributed by atoms with E-state index in [1.807, 2.05) is 45.9 Å². The predicted molar refractivity (Wildman–Crippen MR) is 125 cm³/mol. The Labute approximate surface area is 193 Å². The van der Waals surface area contributed by atoms with Crippen LogP contribution in [0.4, 0.5) is 11.4 Å². The molecule has 0 aromatic heterocycles. The highest BCUT2D eigenvalue weighted by atomic mass is 16.5. The van der Waals surface area contributed by atoms with E-state index in [-0.39, 0.29) is 24.7 Å². The van der Waals surface area contributed by atoms with Crippen LogP contribution in [0.25, 0.3) is 0 Å². The number of benzene rings is 2. The minimum atomic E-state index is -0.649. The summed E-state index contributed by atoms with van der Waals surface area (Å²) in [5, 5.41) is 5.35. The van der Waals surface area contributed by atoms with Gasteiger partial charge in [0, 0.05) is 17.8 Å². The number of esters is 2. The second kappa shape index (κ2) is 12.4. The summed E-state index contributed by atoms with van der Waals surface area (Å²) < 4.78 is 10.1. The second-order valence-corrected chi connectivity index (χ2v) is 8.15. The molecule has 33 heavy (non-hydrogen) atoms. The van der Waals surface area contributed by atoms with Crippen molar-refractivity contribution >= 4 is 35.1 Å². The number of carbonyl (C=O) groups excluding carboxylic acids is 4. The number of carbonyl (C=O) groups is 4. The van der Waals surface area contributed by atoms with Gasteiger partial charge >= 0.3 is 11.9 Å². The van der Waals surface area contributed by atoms with Gasteiger partial charge in [-0.1, -0.05) is 26.0 Å². The van der Waals surface area contributed by atoms with Gasteiger partial charge in [0.1, 0.15) is 0 Å². The number of nitrogens with one attached hydrogen (secondary N) is 2. The van der Waals surface area contributed by atoms with Crippen molar-refractivity contribution in [1.82, 2.24) is 0 Å². The highest BCUT2D eigenvalue weighted by Crippen LogP contribution is 2.17. The molecule has 2 rings (SSSR count). The van der Waals surface area contributed by atoms with E-state index in [9.17, 15) is 19.2 Å². The molecular formula is C25H30N2O6. The molecule has 0 radical (unpaired) electrons. The molecule has 0 aliphatic carbocycles. The molecule has 2 amide bonds. The molecule has 2 aromatic rings. The van der Waals surface area contributed by atoms with E-state index in [1.165, 1.54) is 0 Å². The van der Waals surface area contributed by atoms with Gasteiger partial charge < -0.3 is 20.1 Å². The first-order valence-corrected chi connectivity index (χ1v) is 10.7. The zero-order valence-electron chi connectivity index (χ0n) is 19.4. The predicted octanol–water partition coefficient (Wildman–Crippen LogP) is 4.02. The maximum absolute atomic E-state index is 12.1. The Kier molecular flexibility index (Phi) is 9.60. The number of aryl methyl sites for hydroxylation is 2. The van der Waals surface area contributed by atoms with E-state index in [0.717, 1.165) is 11.1 Å². The highest BCUT2D eigenvalue weighted by Gasteiger charge is 2.13. The van der Waals surface area contributed by atoms with Gasteiger partial charge in [0.25, 0.3) is 5.91 Å². The third kappa shape index (κ3) is 9.14. The third-order valence-electron chi connectivity index (χ3n) is 4.54. The fraction of sp³-hybridized carbons (Fsp3) is 0.360. The Morgan fingerprint density at radius 2 is 1.55 bits per heavy atom. The van der Waals surface area contributed by atoms with Crippen molar-refractivity contribution in [3.8, 4) is 0 Å². The number of rotatable bonds is 10. The summed E-state index contributed by atoms with van der Waals surface area (Å²) in [7, 11) is 0. The van der Waals surface area contributed by atoms with Crippen LogP contribution in [0.15, 0.2) is 42.5 Å². The van der Waals surface area contributed by atoms with E-state index in [2.05, 4.69) is 10.6 Å². The van der Waals surface area contributed by atoms with Gasteiger partial charge in [-0.3, -0.25) is 14.4 Å². The molecule has 0 saturated carbocycles. The molecule has 2 aromatic carbocycles. The monoisotopic (exact) mass is 454 g/mol. The fourth-order valence-corrected chi connectivity index (χ4v) is 2.73. The molecule has 8 nitrogen and oxygen atoms in total. The fourth-order valence-electron chi connectivity index (χ4n) is 2.73. The van der Waals surface area contributed by atoms with Crippen molar-refractivity contribution in [2.24, 2.45) is 5.92 Å². The first-order chi connectivity index (χ1) is 15.6. The maximum Gasteiger partial charge on any atom is 0.338 e. The standard InChI is InChI=1S/C25H30N2O6/c1-16(2)14-33-25(31)19-7-9-20(10-8-19)26-23(29)15-32-24(30)12-11-22(28)27-21-13-17(3)5-6-18(21)4/h5-10,13,16H,11-12,14-15H2,1-4H3,(H,26,29)(H,27,28). The van der Waals surface area contributed by atoms with Gasteiger partial charge in [-0.05, 0) is 61.2 Å². The third-order valence-corrected chi connectivity index (χ3v) is 4.54. The van der Waals surface area contributed by atoms with Crippen LogP contribution in [-0.2, 0) is 23.9 Å². The zero-order chi connectivity index (χ0) is 24.4. The summed E-state index contributed by atoms with van der Waals surface area (Å²) in [6.07, 6.45) is -0.195. The lowest BCUT2D eigenvalue weighted by Gasteiger charge is -2.10. The highest BCUT2D eigenvalue weighted by molar-refractivity contribution is 5.95. The molecule has 0 spiro atoms. The summed E-state index contributed by atoms with van der Waals surface area (Å²) in [4.78, 5) is 47.9. The van der Waals surface area contributed by atoms with Crippen molar-refractivity contribution in [3.63, 3.8) is 0 Å². The average molecular weight is 455 g/mol. The summed E-state index contributed by atoms with van der Waals surface area (Å²) in [6.45, 7) is 7.55. The number of ether oxygens (including phenoxy) is 2. The first kappa shape index (κ1) is 25.6. The lowest BCUT2D eigenvalue weighted by atomic mass is 10.1. The molecular weight excluding hydrogens is 424 g/mol. The van der Waals surface area contributed by atoms with E-state index in [0.29, 0.717) is 23.5 Å². The average Bonchev–Trinajstić information content (AvgIpc) is 2.77. The number of hydrogen-bond acceptors (Lipinski definition) is 6. The van der Waals surface area contributed by atoms with Gasteiger partial charge in [0.15, 0.2) is 6.61 Å². The summed E-state index contributed by atoms with van der Waals surface area (Å²) in [5.74, 6) is -1.68. The van der Waals surface area contributed by atoms with Crippen LogP contribution in [0, 0.1) is 19.8 Å². The molecule has 0 heterocycles. The largest absolute Gasteiger partial charge is 0.462 e. The molecule has 0 unspecified atom stereocenters. The molecule has 0 atom stereocenters. The van der Waals surface area contributed by atoms with Crippen LogP contribution in [0.3, 0.4) is 0 Å². The lowest BCUT2D eigenvalue weighted by molar-refractivity contribution is -0.147. The van der Waals surface area contributed by atoms with Gasteiger partial charge in [0.05, 0.1) is 18.6 Å². The maximum atomic E-state index is 12.1. The van der Waals surface area contributed by atoms with E-state index < -0.39 is 24.5 Å². The Morgan fingerprint density at radius 1 is 0.848 bits per heavy atom. The summed E-state index contributed by atoms with van der Waals surface area (Å²) >= 11 is 0. The van der Waals surface area contributed by atoms with Gasteiger partial charge in [-0.15, -0.1) is 0 Å². The Morgan fingerprint density at radius 3 is 2.21 bits per heavy atom. The van der Waals surface area contributed by atoms with Crippen LogP contribution >= 0.6 is 0 Å². The van der Waals surface area contributed by atoms with E-state index in [4.69, 9.17) is 9.47 Å². The topological polar surface area (TPSA) is 111 Å². The zero-order valence-corrected chi connectivity index (χ0v) is 19.4. The number of amides is 2. The molecule has 176 valence electrons. The van der Waals surface area contributed by atoms with Crippen LogP contribution in [0.5, 0.6) is 0 Å². The van der Waals surface area contributed by atoms with Crippen LogP contribution < -0.4 is 10.6 Å². The Balaban J connectivity index is 1.71. The van der Waals surface area contributed by atoms with Gasteiger partial charge in [-0.25, -0.2) is 4.79 Å². The van der Waals surface area contributed by atoms with Crippen LogP contribution in [0.1, 0.15) is 48.2 Å². The molecule has 0 aliphatic rings. The summed E-state index contributed by atoms with van der Waals surface area (Å²) in [6, 6.07) is 11.9. The molecule has 0 bridgehead atoms. The number of anilines is 2. The van der Waals surface area contributed by atoms with Gasteiger partial charge in [-0.2, -0.15) is 0 Å². The lowest BCUT2D eigenvalue weighted by Crippen LogP contribution is -2.22. The normalized spacial score (nSPS) is 10.5. The van der Waals surface area contributed by atoms with Crippen molar-refractivity contribution in [2.75, 3.05) is 23.8 Å². The van der Waals surface area contributed by atoms with Crippen molar-refractivity contribution in [2.45, 2.75) is 40.5 Å². The van der Waals surface area contributed by atoms with Crippen molar-refractivity contribution in [1.29, 1.82) is 0 Å². The number of hydrogen-bond donors (Lipinski definition) is 2. The van der Waals surface area contributed by atoms with E-state index in [1.54, 1.807) is 24.3 Å². The SMILES string of the molecule is Cc1ccc(C)c(NC(=O)CCC(=O)OCC(=O)Nc2ccc(C(=O)OCC(C)C)cc2)c1. The molecule has 8 heteroatoms. The summed E-state index contributed by atoms with van der Waals surface area (Å²) in [5.41, 5.74) is 3.46. The smallest absolute Gasteiger partial charge is 0.338 e. The minimum Gasteiger partial charge on any atom is -0.462 e. The van der Waals surface area contributed by atoms with Crippen molar-refractivity contribution in [3.05, 3.63) is 59.2 Å². The molecule has 0 aliphatic heterocycles. The van der Waals surface area contributed by atoms with Gasteiger partial charge in [0.2, 0.25) is 5.91 Å².